The van der Waals surface area contributed by atoms with Crippen LogP contribution < -0.4 is 0 Å². The zero-order valence-corrected chi connectivity index (χ0v) is 20.7. The molecule has 0 aromatic carbocycles. The Labute approximate surface area is 181 Å². The fourth-order valence-electron chi connectivity index (χ4n) is 5.66. The van der Waals surface area contributed by atoms with E-state index in [4.69, 9.17) is 4.74 Å². The van der Waals surface area contributed by atoms with Crippen LogP contribution in [0.25, 0.3) is 0 Å². The molecule has 2 atom stereocenters. The van der Waals surface area contributed by atoms with Gasteiger partial charge in [-0.2, -0.15) is 0 Å². The van der Waals surface area contributed by atoms with Crippen LogP contribution in [0.1, 0.15) is 81.1 Å². The average Bonchev–Trinajstić information content (AvgIpc) is 2.58. The lowest BCUT2D eigenvalue weighted by Crippen LogP contribution is -2.60. The van der Waals surface area contributed by atoms with Crippen LogP contribution in [0.2, 0.25) is 0 Å². The summed E-state index contributed by atoms with van der Waals surface area (Å²) in [6.07, 6.45) is 5.75. The van der Waals surface area contributed by atoms with Gasteiger partial charge in [0.2, 0.25) is 0 Å². The normalized spacial score (nSPS) is 34.3. The van der Waals surface area contributed by atoms with Crippen LogP contribution in [-0.2, 0) is 4.74 Å². The first-order chi connectivity index (χ1) is 13.4. The van der Waals surface area contributed by atoms with Gasteiger partial charge < -0.3 is 4.74 Å². The summed E-state index contributed by atoms with van der Waals surface area (Å²) >= 11 is 0. The summed E-state index contributed by atoms with van der Waals surface area (Å²) in [5.41, 5.74) is 0.336. The number of hydrogen-bond acceptors (Lipinski definition) is 4. The predicted octanol–water partition coefficient (Wildman–Crippen LogP) is 4.49. The highest BCUT2D eigenvalue weighted by molar-refractivity contribution is 4.92. The lowest BCUT2D eigenvalue weighted by molar-refractivity contribution is -0.119. The Morgan fingerprint density at radius 2 is 1.21 bits per heavy atom. The van der Waals surface area contributed by atoms with Crippen molar-refractivity contribution in [3.8, 4) is 0 Å². The number of rotatable bonds is 5. The monoisotopic (exact) mass is 407 g/mol. The van der Waals surface area contributed by atoms with Crippen LogP contribution in [0.3, 0.4) is 0 Å². The van der Waals surface area contributed by atoms with E-state index < -0.39 is 0 Å². The van der Waals surface area contributed by atoms with Crippen LogP contribution in [0, 0.1) is 11.8 Å². The van der Waals surface area contributed by atoms with Crippen molar-refractivity contribution in [3.63, 3.8) is 0 Å². The van der Waals surface area contributed by atoms with Crippen molar-refractivity contribution in [2.24, 2.45) is 11.8 Å². The number of nitrogens with zero attached hydrogens (tertiary/aromatic N) is 3. The third kappa shape index (κ3) is 6.41. The molecule has 3 aliphatic rings. The van der Waals surface area contributed by atoms with E-state index in [0.29, 0.717) is 23.7 Å². The molecule has 2 unspecified atom stereocenters. The largest absolute Gasteiger partial charge is 0.373 e. The molecule has 4 heteroatoms. The first-order valence-electron chi connectivity index (χ1n) is 12.3. The van der Waals surface area contributed by atoms with Gasteiger partial charge in [0.1, 0.15) is 0 Å². The van der Waals surface area contributed by atoms with Crippen LogP contribution in [0.4, 0.5) is 0 Å². The molecule has 29 heavy (non-hydrogen) atoms. The molecule has 0 radical (unpaired) electrons. The van der Waals surface area contributed by atoms with Gasteiger partial charge in [-0.1, -0.05) is 0 Å². The van der Waals surface area contributed by atoms with Gasteiger partial charge >= 0.3 is 0 Å². The number of piperidine rings is 1. The molecule has 3 fully saturated rings. The van der Waals surface area contributed by atoms with Gasteiger partial charge in [0, 0.05) is 43.8 Å². The highest BCUT2D eigenvalue weighted by Crippen LogP contribution is 2.35. The minimum absolute atomic E-state index is 0.00605. The van der Waals surface area contributed by atoms with Gasteiger partial charge in [0.15, 0.2) is 0 Å². The number of piperazine rings is 1. The second-order valence-corrected chi connectivity index (χ2v) is 12.3. The van der Waals surface area contributed by atoms with Crippen LogP contribution in [-0.4, -0.2) is 83.3 Å². The van der Waals surface area contributed by atoms with Crippen molar-refractivity contribution >= 4 is 0 Å². The van der Waals surface area contributed by atoms with E-state index in [-0.39, 0.29) is 5.60 Å². The molecule has 0 amide bonds. The predicted molar refractivity (Wildman–Crippen MR) is 123 cm³/mol. The molecule has 1 aliphatic carbocycles. The molecular formula is C25H49N3O. The molecule has 2 heterocycles. The van der Waals surface area contributed by atoms with Gasteiger partial charge in [-0.25, -0.2) is 0 Å². The maximum absolute atomic E-state index is 6.14. The molecule has 0 bridgehead atoms. The highest BCUT2D eigenvalue weighted by atomic mass is 16.5. The minimum Gasteiger partial charge on any atom is -0.373 e. The van der Waals surface area contributed by atoms with Crippen molar-refractivity contribution in [1.29, 1.82) is 0 Å². The fraction of sp³-hybridized carbons (Fsp3) is 1.00. The molecule has 3 rings (SSSR count). The summed E-state index contributed by atoms with van der Waals surface area (Å²) in [7, 11) is 0. The van der Waals surface area contributed by atoms with Crippen molar-refractivity contribution < 1.29 is 4.74 Å². The zero-order valence-electron chi connectivity index (χ0n) is 20.7. The number of hydrogen-bond donors (Lipinski definition) is 0. The molecule has 0 N–H and O–H groups in total. The van der Waals surface area contributed by atoms with Crippen LogP contribution in [0.15, 0.2) is 0 Å². The van der Waals surface area contributed by atoms with Crippen LogP contribution in [0.5, 0.6) is 0 Å². The topological polar surface area (TPSA) is 19.0 Å². The first-order valence-corrected chi connectivity index (χ1v) is 12.3. The van der Waals surface area contributed by atoms with Crippen molar-refractivity contribution in [2.45, 2.75) is 110 Å². The summed E-state index contributed by atoms with van der Waals surface area (Å²) in [5, 5.41) is 0. The standard InChI is InChI=1S/C25H49N3O/c1-19-20(2)27(18-22-15-23(16-22)29-25(6,7)8)14-13-26(19)17-21-9-11-28(12-10-21)24(3,4)5/h19-23H,9-18H2,1-8H3. The van der Waals surface area contributed by atoms with Gasteiger partial charge in [-0.05, 0) is 106 Å². The second kappa shape index (κ2) is 9.14. The third-order valence-corrected chi connectivity index (χ3v) is 7.79. The SMILES string of the molecule is CC1C(C)N(CC2CC(OC(C)(C)C)C2)CCN1CC1CCN(C(C)(C)C)CC1. The van der Waals surface area contributed by atoms with Crippen molar-refractivity contribution in [3.05, 3.63) is 0 Å². The van der Waals surface area contributed by atoms with E-state index in [2.05, 4.69) is 70.1 Å². The summed E-state index contributed by atoms with van der Waals surface area (Å²) in [4.78, 5) is 8.23. The van der Waals surface area contributed by atoms with Gasteiger partial charge in [-0.3, -0.25) is 14.7 Å². The molecule has 0 spiro atoms. The maximum Gasteiger partial charge on any atom is 0.0602 e. The average molecular weight is 408 g/mol. The summed E-state index contributed by atoms with van der Waals surface area (Å²) in [5.74, 6) is 1.72. The van der Waals surface area contributed by atoms with Crippen molar-refractivity contribution in [2.75, 3.05) is 39.3 Å². The van der Waals surface area contributed by atoms with Gasteiger partial charge in [-0.15, -0.1) is 0 Å². The lowest BCUT2D eigenvalue weighted by atomic mass is 9.81. The maximum atomic E-state index is 6.14. The van der Waals surface area contributed by atoms with E-state index >= 15 is 0 Å². The Hall–Kier alpha value is -0.160. The minimum atomic E-state index is 0.00605. The Bertz CT molecular complexity index is 509. The molecule has 0 aromatic heterocycles. The van der Waals surface area contributed by atoms with Crippen molar-refractivity contribution in [1.82, 2.24) is 14.7 Å². The van der Waals surface area contributed by atoms with Gasteiger partial charge in [0.25, 0.3) is 0 Å². The van der Waals surface area contributed by atoms with Crippen LogP contribution >= 0.6 is 0 Å². The molecular weight excluding hydrogens is 358 g/mol. The molecule has 170 valence electrons. The Morgan fingerprint density at radius 1 is 0.724 bits per heavy atom. The highest BCUT2D eigenvalue weighted by Gasteiger charge is 2.38. The Balaban J connectivity index is 1.39. The summed E-state index contributed by atoms with van der Waals surface area (Å²) in [6, 6.07) is 1.34. The Morgan fingerprint density at radius 3 is 1.66 bits per heavy atom. The van der Waals surface area contributed by atoms with E-state index in [1.165, 1.54) is 65.0 Å². The van der Waals surface area contributed by atoms with E-state index in [1.807, 2.05) is 0 Å². The van der Waals surface area contributed by atoms with E-state index in [1.54, 1.807) is 0 Å². The van der Waals surface area contributed by atoms with E-state index in [0.717, 1.165) is 11.8 Å². The molecule has 4 nitrogen and oxygen atoms in total. The lowest BCUT2D eigenvalue weighted by Gasteiger charge is -2.49. The molecule has 2 aliphatic heterocycles. The summed E-state index contributed by atoms with van der Waals surface area (Å²) < 4.78 is 6.14. The zero-order chi connectivity index (χ0) is 21.4. The molecule has 0 aromatic rings. The quantitative estimate of drug-likeness (QED) is 0.668. The van der Waals surface area contributed by atoms with E-state index in [9.17, 15) is 0 Å². The summed E-state index contributed by atoms with van der Waals surface area (Å²) in [6.45, 7) is 26.1. The second-order valence-electron chi connectivity index (χ2n) is 12.3. The van der Waals surface area contributed by atoms with Gasteiger partial charge in [0.05, 0.1) is 11.7 Å². The number of likely N-dealkylation sites (tertiary alicyclic amines) is 1. The Kier molecular flexibility index (Phi) is 7.41. The first kappa shape index (κ1) is 23.5. The third-order valence-electron chi connectivity index (χ3n) is 7.79. The fourth-order valence-corrected chi connectivity index (χ4v) is 5.66. The smallest absolute Gasteiger partial charge is 0.0602 e. The number of ether oxygens (including phenoxy) is 1. The molecule has 1 saturated carbocycles. The molecule has 2 saturated heterocycles.